The molecule has 1 aliphatic carbocycles. The van der Waals surface area contributed by atoms with Crippen molar-refractivity contribution in [3.8, 4) is 0 Å². The molecule has 0 unspecified atom stereocenters. The lowest BCUT2D eigenvalue weighted by atomic mass is 10.1. The molecule has 0 saturated heterocycles. The number of rotatable bonds is 7. The standard InChI is InChI=1S/C21H22N4O3S2/c26-18(13-29-12-17-11-19(27)25-9-10-30-21(25)24-17)22-16-7-5-14(6-8-16)20(28)23-15-3-1-2-4-15/h5-11,15H,1-4,12-13H2,(H,22,26)(H,23,28). The number of aromatic nitrogens is 2. The van der Waals surface area contributed by atoms with Crippen LogP contribution in [0.2, 0.25) is 0 Å². The minimum atomic E-state index is -0.142. The van der Waals surface area contributed by atoms with Crippen LogP contribution in [0.5, 0.6) is 0 Å². The third-order valence-electron chi connectivity index (χ3n) is 4.96. The van der Waals surface area contributed by atoms with E-state index < -0.39 is 0 Å². The summed E-state index contributed by atoms with van der Waals surface area (Å²) in [4.78, 5) is 41.5. The number of hydrogen-bond acceptors (Lipinski definition) is 6. The zero-order valence-corrected chi connectivity index (χ0v) is 17.9. The highest BCUT2D eigenvalue weighted by Crippen LogP contribution is 2.19. The number of thioether (sulfide) groups is 1. The average molecular weight is 443 g/mol. The maximum atomic E-state index is 12.3. The Kier molecular flexibility index (Phi) is 6.49. The van der Waals surface area contributed by atoms with E-state index in [4.69, 9.17) is 0 Å². The van der Waals surface area contributed by atoms with Gasteiger partial charge in [-0.3, -0.25) is 18.8 Å². The van der Waals surface area contributed by atoms with Crippen LogP contribution >= 0.6 is 23.1 Å². The summed E-state index contributed by atoms with van der Waals surface area (Å²) in [5.41, 5.74) is 1.79. The van der Waals surface area contributed by atoms with E-state index in [0.29, 0.717) is 27.7 Å². The van der Waals surface area contributed by atoms with E-state index in [1.54, 1.807) is 30.5 Å². The van der Waals surface area contributed by atoms with Gasteiger partial charge in [-0.15, -0.1) is 23.1 Å². The van der Waals surface area contributed by atoms with Gasteiger partial charge in [-0.2, -0.15) is 0 Å². The number of carbonyl (C=O) groups excluding carboxylic acids is 2. The first-order valence-electron chi connectivity index (χ1n) is 9.83. The Labute approximate surface area is 181 Å². The van der Waals surface area contributed by atoms with E-state index >= 15 is 0 Å². The van der Waals surface area contributed by atoms with Crippen molar-refractivity contribution in [2.75, 3.05) is 11.1 Å². The van der Waals surface area contributed by atoms with Gasteiger partial charge >= 0.3 is 0 Å². The minimum absolute atomic E-state index is 0.0681. The highest BCUT2D eigenvalue weighted by atomic mass is 32.2. The van der Waals surface area contributed by atoms with E-state index in [1.165, 1.54) is 46.4 Å². The lowest BCUT2D eigenvalue weighted by Gasteiger charge is -2.12. The van der Waals surface area contributed by atoms with Crippen LogP contribution in [0.4, 0.5) is 5.69 Å². The van der Waals surface area contributed by atoms with Crippen LogP contribution in [0.3, 0.4) is 0 Å². The minimum Gasteiger partial charge on any atom is -0.349 e. The summed E-state index contributed by atoms with van der Waals surface area (Å²) in [7, 11) is 0. The predicted octanol–water partition coefficient (Wildman–Crippen LogP) is 3.30. The number of nitrogens with zero attached hydrogens (tertiary/aromatic N) is 2. The molecule has 4 rings (SSSR count). The molecule has 3 aromatic rings. The summed E-state index contributed by atoms with van der Waals surface area (Å²) in [6, 6.07) is 8.69. The smallest absolute Gasteiger partial charge is 0.258 e. The van der Waals surface area contributed by atoms with Crippen molar-refractivity contribution in [1.82, 2.24) is 14.7 Å². The fraction of sp³-hybridized carbons (Fsp3) is 0.333. The number of amides is 2. The third kappa shape index (κ3) is 5.09. The van der Waals surface area contributed by atoms with E-state index in [1.807, 2.05) is 5.38 Å². The van der Waals surface area contributed by atoms with Crippen molar-refractivity contribution in [2.24, 2.45) is 0 Å². The first-order chi connectivity index (χ1) is 14.6. The first-order valence-corrected chi connectivity index (χ1v) is 11.9. The second kappa shape index (κ2) is 9.44. The number of fused-ring (bicyclic) bond motifs is 1. The summed E-state index contributed by atoms with van der Waals surface area (Å²) >= 11 is 2.80. The molecule has 0 aliphatic heterocycles. The van der Waals surface area contributed by atoms with Gasteiger partial charge < -0.3 is 10.6 Å². The largest absolute Gasteiger partial charge is 0.349 e. The molecule has 1 saturated carbocycles. The van der Waals surface area contributed by atoms with Gasteiger partial charge in [0.05, 0.1) is 11.4 Å². The molecule has 2 heterocycles. The van der Waals surface area contributed by atoms with Crippen molar-refractivity contribution >= 4 is 45.6 Å². The van der Waals surface area contributed by atoms with Gasteiger partial charge in [-0.25, -0.2) is 4.98 Å². The first kappa shape index (κ1) is 20.6. The number of carbonyl (C=O) groups is 2. The van der Waals surface area contributed by atoms with Gasteiger partial charge in [0.1, 0.15) is 0 Å². The number of thiazole rings is 1. The quantitative estimate of drug-likeness (QED) is 0.586. The van der Waals surface area contributed by atoms with Gasteiger partial charge in [0.15, 0.2) is 4.96 Å². The van der Waals surface area contributed by atoms with Crippen molar-refractivity contribution in [3.05, 3.63) is 63.5 Å². The summed E-state index contributed by atoms with van der Waals surface area (Å²) in [5.74, 6) is 0.519. The molecule has 0 bridgehead atoms. The molecule has 0 radical (unpaired) electrons. The highest BCUT2D eigenvalue weighted by Gasteiger charge is 2.17. The molecule has 2 aromatic heterocycles. The van der Waals surface area contributed by atoms with Crippen LogP contribution < -0.4 is 16.2 Å². The molecule has 9 heteroatoms. The molecule has 30 heavy (non-hydrogen) atoms. The molecular formula is C21H22N4O3S2. The van der Waals surface area contributed by atoms with Crippen LogP contribution in [0.25, 0.3) is 4.96 Å². The molecule has 2 N–H and O–H groups in total. The summed E-state index contributed by atoms with van der Waals surface area (Å²) < 4.78 is 1.50. The Hall–Kier alpha value is -2.65. The lowest BCUT2D eigenvalue weighted by Crippen LogP contribution is -2.32. The number of benzene rings is 1. The van der Waals surface area contributed by atoms with Gasteiger partial charge in [-0.1, -0.05) is 12.8 Å². The SMILES string of the molecule is O=C(CSCc1cc(=O)n2ccsc2n1)Nc1ccc(C(=O)NC2CCCC2)cc1. The lowest BCUT2D eigenvalue weighted by molar-refractivity contribution is -0.113. The van der Waals surface area contributed by atoms with Crippen LogP contribution in [0.15, 0.2) is 46.7 Å². The van der Waals surface area contributed by atoms with Crippen molar-refractivity contribution in [1.29, 1.82) is 0 Å². The fourth-order valence-electron chi connectivity index (χ4n) is 3.45. The molecule has 156 valence electrons. The normalized spacial score (nSPS) is 14.1. The molecule has 2 amide bonds. The van der Waals surface area contributed by atoms with Crippen molar-refractivity contribution in [2.45, 2.75) is 37.5 Å². The molecule has 7 nitrogen and oxygen atoms in total. The van der Waals surface area contributed by atoms with Crippen molar-refractivity contribution in [3.63, 3.8) is 0 Å². The van der Waals surface area contributed by atoms with Gasteiger partial charge in [0.2, 0.25) is 5.91 Å². The van der Waals surface area contributed by atoms with Crippen LogP contribution in [0.1, 0.15) is 41.7 Å². The van der Waals surface area contributed by atoms with Crippen molar-refractivity contribution < 1.29 is 9.59 Å². The number of hydrogen-bond donors (Lipinski definition) is 2. The molecule has 0 atom stereocenters. The Morgan fingerprint density at radius 2 is 1.97 bits per heavy atom. The van der Waals surface area contributed by atoms with E-state index in [9.17, 15) is 14.4 Å². The van der Waals surface area contributed by atoms with Gasteiger partial charge in [0.25, 0.3) is 11.5 Å². The summed E-state index contributed by atoms with van der Waals surface area (Å²) in [6.45, 7) is 0. The third-order valence-corrected chi connectivity index (χ3v) is 6.68. The summed E-state index contributed by atoms with van der Waals surface area (Å²) in [6.07, 6.45) is 6.13. The Bertz CT molecular complexity index is 1100. The fourth-order valence-corrected chi connectivity index (χ4v) is 4.91. The van der Waals surface area contributed by atoms with E-state index in [2.05, 4.69) is 15.6 Å². The Morgan fingerprint density at radius 3 is 2.73 bits per heavy atom. The summed E-state index contributed by atoms with van der Waals surface area (Å²) in [5, 5.41) is 7.70. The highest BCUT2D eigenvalue weighted by molar-refractivity contribution is 7.99. The van der Waals surface area contributed by atoms with Crippen LogP contribution in [-0.2, 0) is 10.5 Å². The average Bonchev–Trinajstić information content (AvgIpc) is 3.40. The maximum absolute atomic E-state index is 12.3. The molecular weight excluding hydrogens is 420 g/mol. The molecule has 0 spiro atoms. The molecule has 1 fully saturated rings. The second-order valence-electron chi connectivity index (χ2n) is 7.21. The van der Waals surface area contributed by atoms with Crippen LogP contribution in [0, 0.1) is 0 Å². The van der Waals surface area contributed by atoms with Gasteiger partial charge in [-0.05, 0) is 37.1 Å². The van der Waals surface area contributed by atoms with E-state index in [0.717, 1.165) is 12.8 Å². The van der Waals surface area contributed by atoms with Crippen LogP contribution in [-0.4, -0.2) is 33.0 Å². The second-order valence-corrected chi connectivity index (χ2v) is 9.07. The Balaban J connectivity index is 1.25. The zero-order valence-electron chi connectivity index (χ0n) is 16.3. The molecule has 1 aliphatic rings. The van der Waals surface area contributed by atoms with Gasteiger partial charge in [0, 0.05) is 40.7 Å². The van der Waals surface area contributed by atoms with E-state index in [-0.39, 0.29) is 29.2 Å². The Morgan fingerprint density at radius 1 is 1.20 bits per heavy atom. The number of nitrogens with one attached hydrogen (secondary N) is 2. The molecule has 1 aromatic carbocycles. The zero-order chi connectivity index (χ0) is 20.9. The topological polar surface area (TPSA) is 92.6 Å². The maximum Gasteiger partial charge on any atom is 0.258 e. The monoisotopic (exact) mass is 442 g/mol. The number of anilines is 1. The predicted molar refractivity (Wildman–Crippen MR) is 120 cm³/mol.